The molecule has 1 aliphatic rings. The van der Waals surface area contributed by atoms with Crippen LogP contribution >= 0.6 is 0 Å². The Morgan fingerprint density at radius 3 is 2.57 bits per heavy atom. The summed E-state index contributed by atoms with van der Waals surface area (Å²) in [6, 6.07) is 3.96. The van der Waals surface area contributed by atoms with Crippen molar-refractivity contribution in [3.63, 3.8) is 0 Å². The van der Waals surface area contributed by atoms with E-state index in [0.29, 0.717) is 5.56 Å². The van der Waals surface area contributed by atoms with Crippen molar-refractivity contribution in [3.05, 3.63) is 57.0 Å². The number of nitrogens with zero attached hydrogens (tertiary/aromatic N) is 4. The van der Waals surface area contributed by atoms with E-state index < -0.39 is 33.5 Å². The summed E-state index contributed by atoms with van der Waals surface area (Å²) in [5.41, 5.74) is -0.949. The number of halogens is 1. The first-order valence-electron chi connectivity index (χ1n) is 9.48. The Morgan fingerprint density at radius 1 is 1.23 bits per heavy atom. The highest BCUT2D eigenvalue weighted by Gasteiger charge is 2.41. The largest absolute Gasteiger partial charge is 0.331 e. The van der Waals surface area contributed by atoms with Crippen molar-refractivity contribution < 1.29 is 12.8 Å². The van der Waals surface area contributed by atoms with Crippen molar-refractivity contribution in [1.82, 2.24) is 23.6 Å². The van der Waals surface area contributed by atoms with Gasteiger partial charge in [-0.2, -0.15) is 5.10 Å². The molecule has 4 rings (SSSR count). The first-order valence-corrected chi connectivity index (χ1v) is 11.0. The van der Waals surface area contributed by atoms with E-state index in [4.69, 9.17) is 0 Å². The summed E-state index contributed by atoms with van der Waals surface area (Å²) in [7, 11) is -2.13. The molecule has 1 aliphatic carbocycles. The zero-order chi connectivity index (χ0) is 21.7. The topological polar surface area (TPSA) is 108 Å². The first kappa shape index (κ1) is 20.5. The molecule has 1 saturated carbocycles. The molecule has 0 amide bonds. The molecule has 0 unspecified atom stereocenters. The van der Waals surface area contributed by atoms with E-state index in [0.717, 1.165) is 22.0 Å². The second kappa shape index (κ2) is 7.17. The minimum atomic E-state index is -3.84. The molecule has 0 radical (unpaired) electrons. The van der Waals surface area contributed by atoms with Crippen molar-refractivity contribution >= 4 is 20.9 Å². The van der Waals surface area contributed by atoms with Gasteiger partial charge >= 0.3 is 5.69 Å². The lowest BCUT2D eigenvalue weighted by Gasteiger charge is -2.15. The molecule has 160 valence electrons. The highest BCUT2D eigenvalue weighted by Crippen LogP contribution is 2.36. The van der Waals surface area contributed by atoms with Gasteiger partial charge in [0.2, 0.25) is 10.0 Å². The Labute approximate surface area is 171 Å². The summed E-state index contributed by atoms with van der Waals surface area (Å²) in [6.07, 6.45) is 4.68. The molecule has 1 aromatic carbocycles. The number of rotatable bonds is 7. The third kappa shape index (κ3) is 3.70. The maximum Gasteiger partial charge on any atom is 0.331 e. The SMILES string of the molecule is Cn1cc(Cn2c(=O)c3cc(S(=O)(=O)NC4(C)CC4)ccc3n(CCF)c2=O)cn1. The average molecular weight is 435 g/mol. The minimum absolute atomic E-state index is 0.0377. The predicted octanol–water partition coefficient (Wildman–Crippen LogP) is 0.745. The molecular weight excluding hydrogens is 413 g/mol. The van der Waals surface area contributed by atoms with Gasteiger partial charge in [-0.3, -0.25) is 18.6 Å². The summed E-state index contributed by atoms with van der Waals surface area (Å²) in [4.78, 5) is 25.9. The maximum atomic E-state index is 13.1. The van der Waals surface area contributed by atoms with Gasteiger partial charge < -0.3 is 0 Å². The molecule has 0 aliphatic heterocycles. The second-order valence-corrected chi connectivity index (χ2v) is 9.56. The number of hydrogen-bond acceptors (Lipinski definition) is 5. The first-order chi connectivity index (χ1) is 14.1. The number of aromatic nitrogens is 4. The highest BCUT2D eigenvalue weighted by molar-refractivity contribution is 7.89. The molecular formula is C19H22FN5O4S. The van der Waals surface area contributed by atoms with Crippen LogP contribution < -0.4 is 16.0 Å². The van der Waals surface area contributed by atoms with Crippen LogP contribution in [0.3, 0.4) is 0 Å². The third-order valence-electron chi connectivity index (χ3n) is 5.29. The Hall–Kier alpha value is -2.79. The number of alkyl halides is 1. The fourth-order valence-corrected chi connectivity index (χ4v) is 4.91. The molecule has 0 bridgehead atoms. The third-order valence-corrected chi connectivity index (χ3v) is 6.93. The number of aryl methyl sites for hydroxylation is 2. The van der Waals surface area contributed by atoms with E-state index in [9.17, 15) is 22.4 Å². The van der Waals surface area contributed by atoms with Crippen LogP contribution in [-0.4, -0.2) is 39.5 Å². The van der Waals surface area contributed by atoms with Gasteiger partial charge in [-0.1, -0.05) is 0 Å². The molecule has 1 N–H and O–H groups in total. The standard InChI is InChI=1S/C19H22FN5O4S/c1-19(5-6-19)22-30(28,29)14-3-4-16-15(9-14)17(26)25(18(27)24(16)8-7-20)12-13-10-21-23(2)11-13/h3-4,9-11,22H,5-8,12H2,1-2H3. The van der Waals surface area contributed by atoms with E-state index in [1.165, 1.54) is 29.1 Å². The van der Waals surface area contributed by atoms with Crippen LogP contribution in [0.25, 0.3) is 10.9 Å². The van der Waals surface area contributed by atoms with Gasteiger partial charge in [-0.25, -0.2) is 22.3 Å². The molecule has 0 saturated heterocycles. The molecule has 0 atom stereocenters. The van der Waals surface area contributed by atoms with Crippen LogP contribution in [0.2, 0.25) is 0 Å². The van der Waals surface area contributed by atoms with Gasteiger partial charge in [-0.15, -0.1) is 0 Å². The van der Waals surface area contributed by atoms with Crippen molar-refractivity contribution in [3.8, 4) is 0 Å². The lowest BCUT2D eigenvalue weighted by atomic mass is 10.2. The summed E-state index contributed by atoms with van der Waals surface area (Å²) in [6.45, 7) is 0.706. The van der Waals surface area contributed by atoms with Crippen LogP contribution in [0.15, 0.2) is 45.1 Å². The molecule has 1 fully saturated rings. The van der Waals surface area contributed by atoms with Gasteiger partial charge in [0.05, 0.1) is 35.1 Å². The van der Waals surface area contributed by atoms with Crippen molar-refractivity contribution in [2.75, 3.05) is 6.67 Å². The number of hydrogen-bond donors (Lipinski definition) is 1. The van der Waals surface area contributed by atoms with Crippen molar-refractivity contribution in [2.24, 2.45) is 7.05 Å². The Kier molecular flexibility index (Phi) is 4.89. The van der Waals surface area contributed by atoms with E-state index in [1.54, 1.807) is 13.2 Å². The van der Waals surface area contributed by atoms with Gasteiger partial charge in [0.25, 0.3) is 5.56 Å². The molecule has 9 nitrogen and oxygen atoms in total. The summed E-state index contributed by atoms with van der Waals surface area (Å²) < 4.78 is 44.9. The lowest BCUT2D eigenvalue weighted by Crippen LogP contribution is -2.41. The molecule has 30 heavy (non-hydrogen) atoms. The fourth-order valence-electron chi connectivity index (χ4n) is 3.42. The smallest absolute Gasteiger partial charge is 0.291 e. The quantitative estimate of drug-likeness (QED) is 0.589. The zero-order valence-electron chi connectivity index (χ0n) is 16.6. The predicted molar refractivity (Wildman–Crippen MR) is 109 cm³/mol. The van der Waals surface area contributed by atoms with E-state index in [1.807, 2.05) is 6.92 Å². The summed E-state index contributed by atoms with van der Waals surface area (Å²) in [5, 5.41) is 4.06. The van der Waals surface area contributed by atoms with Crippen LogP contribution in [0.4, 0.5) is 4.39 Å². The van der Waals surface area contributed by atoms with Gasteiger partial charge in [0.1, 0.15) is 6.67 Å². The van der Waals surface area contributed by atoms with Crippen LogP contribution in [0.1, 0.15) is 25.3 Å². The van der Waals surface area contributed by atoms with Gasteiger partial charge in [0, 0.05) is 24.3 Å². The maximum absolute atomic E-state index is 13.1. The molecule has 0 spiro atoms. The van der Waals surface area contributed by atoms with E-state index in [-0.39, 0.29) is 28.9 Å². The van der Waals surface area contributed by atoms with Crippen molar-refractivity contribution in [1.29, 1.82) is 0 Å². The molecule has 11 heteroatoms. The fraction of sp³-hybridized carbons (Fsp3) is 0.421. The monoisotopic (exact) mass is 435 g/mol. The summed E-state index contributed by atoms with van der Waals surface area (Å²) in [5.74, 6) is 0. The highest BCUT2D eigenvalue weighted by atomic mass is 32.2. The van der Waals surface area contributed by atoms with Crippen LogP contribution in [-0.2, 0) is 30.2 Å². The van der Waals surface area contributed by atoms with Crippen molar-refractivity contribution in [2.45, 2.75) is 43.3 Å². The second-order valence-electron chi connectivity index (χ2n) is 7.88. The van der Waals surface area contributed by atoms with E-state index in [2.05, 4.69) is 9.82 Å². The number of sulfonamides is 1. The number of fused-ring (bicyclic) bond motifs is 1. The average Bonchev–Trinajstić information content (AvgIpc) is 3.26. The van der Waals surface area contributed by atoms with Gasteiger partial charge in [0.15, 0.2) is 0 Å². The lowest BCUT2D eigenvalue weighted by molar-refractivity contribution is 0.436. The molecule has 2 aromatic heterocycles. The summed E-state index contributed by atoms with van der Waals surface area (Å²) >= 11 is 0. The minimum Gasteiger partial charge on any atom is -0.291 e. The Morgan fingerprint density at radius 2 is 1.97 bits per heavy atom. The molecule has 3 aromatic rings. The molecule has 2 heterocycles. The Bertz CT molecular complexity index is 1350. The zero-order valence-corrected chi connectivity index (χ0v) is 17.4. The number of nitrogens with one attached hydrogen (secondary N) is 1. The Balaban J connectivity index is 1.89. The van der Waals surface area contributed by atoms with Gasteiger partial charge in [-0.05, 0) is 38.0 Å². The number of benzene rings is 1. The normalized spacial score (nSPS) is 15.6. The van der Waals surface area contributed by atoms with Crippen LogP contribution in [0.5, 0.6) is 0 Å². The van der Waals surface area contributed by atoms with Crippen LogP contribution in [0, 0.1) is 0 Å². The van der Waals surface area contributed by atoms with E-state index >= 15 is 0 Å².